The number of nitrogens with zero attached hydrogens (tertiary/aromatic N) is 2. The molecule has 1 aromatic rings. The van der Waals surface area contributed by atoms with Gasteiger partial charge in [-0.1, -0.05) is 0 Å². The van der Waals surface area contributed by atoms with Gasteiger partial charge in [-0.25, -0.2) is 13.4 Å². The zero-order valence-corrected chi connectivity index (χ0v) is 11.8. The lowest BCUT2D eigenvalue weighted by Gasteiger charge is -2.22. The monoisotopic (exact) mass is 303 g/mol. The van der Waals surface area contributed by atoms with Crippen molar-refractivity contribution < 1.29 is 18.0 Å². The number of hydrogen-bond acceptors (Lipinski definition) is 6. The molecule has 19 heavy (non-hydrogen) atoms. The maximum atomic E-state index is 11.9. The van der Waals surface area contributed by atoms with Crippen LogP contribution in [0.15, 0.2) is 11.6 Å². The van der Waals surface area contributed by atoms with E-state index in [4.69, 9.17) is 0 Å². The van der Waals surface area contributed by atoms with Gasteiger partial charge in [0.1, 0.15) is 0 Å². The van der Waals surface area contributed by atoms with Gasteiger partial charge in [-0.15, -0.1) is 11.3 Å². The molecular formula is C10H13N3O4S2. The number of hydrogen-bond donors (Lipinski definition) is 1. The summed E-state index contributed by atoms with van der Waals surface area (Å²) >= 11 is 1.20. The Hall–Kier alpha value is -1.48. The zero-order valence-electron chi connectivity index (χ0n) is 10.2. The van der Waals surface area contributed by atoms with E-state index in [1.54, 1.807) is 5.38 Å². The molecule has 2 amide bonds. The van der Waals surface area contributed by atoms with E-state index in [1.807, 2.05) is 0 Å². The molecule has 1 unspecified atom stereocenters. The summed E-state index contributed by atoms with van der Waals surface area (Å²) in [6, 6.07) is -0.431. The number of nitrogens with one attached hydrogen (secondary N) is 1. The van der Waals surface area contributed by atoms with Crippen LogP contribution in [-0.4, -0.2) is 54.7 Å². The molecule has 1 fully saturated rings. The van der Waals surface area contributed by atoms with Crippen LogP contribution in [0.3, 0.4) is 0 Å². The summed E-state index contributed by atoms with van der Waals surface area (Å²) in [5.74, 6) is -1.58. The van der Waals surface area contributed by atoms with E-state index < -0.39 is 27.7 Å². The lowest BCUT2D eigenvalue weighted by atomic mass is 10.2. The van der Waals surface area contributed by atoms with Gasteiger partial charge < -0.3 is 4.90 Å². The van der Waals surface area contributed by atoms with Crippen LogP contribution < -0.4 is 5.32 Å². The average Bonchev–Trinajstić information content (AvgIpc) is 2.96. The molecule has 1 N–H and O–H groups in total. The Balaban J connectivity index is 1.97. The number of anilines is 1. The highest BCUT2D eigenvalue weighted by molar-refractivity contribution is 7.91. The first kappa shape index (κ1) is 13.9. The van der Waals surface area contributed by atoms with Crippen LogP contribution in [0.4, 0.5) is 5.13 Å². The summed E-state index contributed by atoms with van der Waals surface area (Å²) in [6.07, 6.45) is 1.88. The molecule has 0 saturated carbocycles. The fourth-order valence-corrected chi connectivity index (χ4v) is 4.14. The Morgan fingerprint density at radius 1 is 1.53 bits per heavy atom. The molecular weight excluding hydrogens is 290 g/mol. The second-order valence-corrected chi connectivity index (χ2v) is 7.39. The Bertz CT molecular complexity index is 582. The van der Waals surface area contributed by atoms with Crippen LogP contribution in [0, 0.1) is 0 Å². The fraction of sp³-hybridized carbons (Fsp3) is 0.500. The van der Waals surface area contributed by atoms with Crippen molar-refractivity contribution in [1.29, 1.82) is 0 Å². The van der Waals surface area contributed by atoms with Gasteiger partial charge in [0.2, 0.25) is 0 Å². The number of rotatable bonds is 2. The first-order valence-electron chi connectivity index (χ1n) is 5.57. The van der Waals surface area contributed by atoms with E-state index in [0.29, 0.717) is 11.6 Å². The molecule has 0 radical (unpaired) electrons. The Labute approximate surface area is 114 Å². The van der Waals surface area contributed by atoms with Gasteiger partial charge in [0.05, 0.1) is 11.5 Å². The minimum Gasteiger partial charge on any atom is -0.333 e. The van der Waals surface area contributed by atoms with Gasteiger partial charge in [0, 0.05) is 24.7 Å². The van der Waals surface area contributed by atoms with Gasteiger partial charge in [-0.2, -0.15) is 0 Å². The van der Waals surface area contributed by atoms with E-state index in [-0.39, 0.29) is 11.5 Å². The molecule has 2 heterocycles. The number of sulfone groups is 1. The third kappa shape index (κ3) is 3.29. The van der Waals surface area contributed by atoms with Gasteiger partial charge in [0.15, 0.2) is 15.0 Å². The molecule has 0 spiro atoms. The van der Waals surface area contributed by atoms with Crippen molar-refractivity contribution in [2.75, 3.05) is 23.9 Å². The summed E-state index contributed by atoms with van der Waals surface area (Å²) in [6.45, 7) is 0. The second kappa shape index (κ2) is 5.25. The van der Waals surface area contributed by atoms with E-state index in [1.165, 1.54) is 29.5 Å². The van der Waals surface area contributed by atoms with Gasteiger partial charge in [0.25, 0.3) is 0 Å². The minimum atomic E-state index is -3.09. The van der Waals surface area contributed by atoms with Crippen molar-refractivity contribution in [3.05, 3.63) is 11.6 Å². The molecule has 1 aromatic heterocycles. The van der Waals surface area contributed by atoms with Crippen molar-refractivity contribution >= 4 is 38.1 Å². The molecule has 1 aliphatic rings. The number of thiazole rings is 1. The van der Waals surface area contributed by atoms with Crippen LogP contribution in [0.2, 0.25) is 0 Å². The zero-order chi connectivity index (χ0) is 14.0. The third-order valence-corrected chi connectivity index (χ3v) is 5.36. The first-order chi connectivity index (χ1) is 8.89. The van der Waals surface area contributed by atoms with Crippen molar-refractivity contribution in [2.24, 2.45) is 0 Å². The maximum absolute atomic E-state index is 11.9. The summed E-state index contributed by atoms with van der Waals surface area (Å²) in [5, 5.41) is 4.39. The minimum absolute atomic E-state index is 0.0589. The van der Waals surface area contributed by atoms with Crippen molar-refractivity contribution in [1.82, 2.24) is 9.88 Å². The molecule has 1 atom stereocenters. The van der Waals surface area contributed by atoms with Crippen LogP contribution in [0.5, 0.6) is 0 Å². The quantitative estimate of drug-likeness (QED) is 0.758. The molecule has 7 nitrogen and oxygen atoms in total. The molecule has 1 aliphatic heterocycles. The lowest BCUT2D eigenvalue weighted by molar-refractivity contribution is -0.143. The SMILES string of the molecule is CN(C(=O)C(=O)Nc1nccs1)C1CCS(=O)(=O)C1. The average molecular weight is 303 g/mol. The van der Waals surface area contributed by atoms with E-state index >= 15 is 0 Å². The van der Waals surface area contributed by atoms with Gasteiger partial charge >= 0.3 is 11.8 Å². The maximum Gasteiger partial charge on any atom is 0.315 e. The molecule has 2 rings (SSSR count). The molecule has 0 aliphatic carbocycles. The van der Waals surface area contributed by atoms with Crippen LogP contribution in [0.25, 0.3) is 0 Å². The lowest BCUT2D eigenvalue weighted by Crippen LogP contribution is -2.43. The van der Waals surface area contributed by atoms with Crippen molar-refractivity contribution in [2.45, 2.75) is 12.5 Å². The predicted molar refractivity (Wildman–Crippen MR) is 70.6 cm³/mol. The highest BCUT2D eigenvalue weighted by Gasteiger charge is 2.34. The number of likely N-dealkylation sites (N-methyl/N-ethyl adjacent to an activating group) is 1. The molecule has 104 valence electrons. The van der Waals surface area contributed by atoms with Crippen LogP contribution in [-0.2, 0) is 19.4 Å². The Morgan fingerprint density at radius 2 is 2.26 bits per heavy atom. The molecule has 9 heteroatoms. The smallest absolute Gasteiger partial charge is 0.315 e. The molecule has 0 aromatic carbocycles. The number of carbonyl (C=O) groups is 2. The first-order valence-corrected chi connectivity index (χ1v) is 8.27. The van der Waals surface area contributed by atoms with Crippen LogP contribution in [0.1, 0.15) is 6.42 Å². The summed E-state index contributed by atoms with van der Waals surface area (Å²) in [7, 11) is -1.65. The van der Waals surface area contributed by atoms with Crippen molar-refractivity contribution in [3.8, 4) is 0 Å². The Kier molecular flexibility index (Phi) is 3.85. The Morgan fingerprint density at radius 3 is 2.79 bits per heavy atom. The molecule has 1 saturated heterocycles. The molecule has 0 bridgehead atoms. The van der Waals surface area contributed by atoms with E-state index in [2.05, 4.69) is 10.3 Å². The topological polar surface area (TPSA) is 96.4 Å². The summed E-state index contributed by atoms with van der Waals surface area (Å²) in [4.78, 5) is 28.6. The summed E-state index contributed by atoms with van der Waals surface area (Å²) < 4.78 is 22.7. The summed E-state index contributed by atoms with van der Waals surface area (Å²) in [5.41, 5.74) is 0. The number of carbonyl (C=O) groups excluding carboxylic acids is 2. The van der Waals surface area contributed by atoms with E-state index in [9.17, 15) is 18.0 Å². The van der Waals surface area contributed by atoms with Gasteiger partial charge in [-0.05, 0) is 6.42 Å². The van der Waals surface area contributed by atoms with Crippen LogP contribution >= 0.6 is 11.3 Å². The second-order valence-electron chi connectivity index (χ2n) is 4.26. The number of aromatic nitrogens is 1. The predicted octanol–water partition coefficient (Wildman–Crippen LogP) is -0.273. The van der Waals surface area contributed by atoms with E-state index in [0.717, 1.165) is 0 Å². The largest absolute Gasteiger partial charge is 0.333 e. The number of amides is 2. The van der Waals surface area contributed by atoms with Gasteiger partial charge in [-0.3, -0.25) is 14.9 Å². The fourth-order valence-electron chi connectivity index (χ4n) is 1.84. The normalized spacial score (nSPS) is 21.0. The third-order valence-electron chi connectivity index (χ3n) is 2.92. The highest BCUT2D eigenvalue weighted by Crippen LogP contribution is 2.17. The standard InChI is InChI=1S/C10H13N3O4S2/c1-13(7-2-5-19(16,17)6-7)9(15)8(14)12-10-11-3-4-18-10/h3-4,7H,2,5-6H2,1H3,(H,11,12,14). The van der Waals surface area contributed by atoms with Crippen molar-refractivity contribution in [3.63, 3.8) is 0 Å². The highest BCUT2D eigenvalue weighted by atomic mass is 32.2.